The van der Waals surface area contributed by atoms with Gasteiger partial charge < -0.3 is 19.2 Å². The van der Waals surface area contributed by atoms with Crippen molar-refractivity contribution in [2.24, 2.45) is 0 Å². The number of halogens is 2. The van der Waals surface area contributed by atoms with Crippen LogP contribution in [0.15, 0.2) is 77.4 Å². The summed E-state index contributed by atoms with van der Waals surface area (Å²) in [5.41, 5.74) is 1.97. The van der Waals surface area contributed by atoms with Gasteiger partial charge in [0.05, 0.1) is 20.8 Å². The molecule has 3 aromatic heterocycles. The number of nitrogens with zero attached hydrogens (tertiary/aromatic N) is 5. The number of methoxy groups -OCH3 is 2. The third-order valence-corrected chi connectivity index (χ3v) is 14.7. The first-order chi connectivity index (χ1) is 24.0. The average molecular weight is 873 g/mol. The molecular formula is C36H43BrIN7O4Si. The Labute approximate surface area is 316 Å². The van der Waals surface area contributed by atoms with E-state index in [1.807, 2.05) is 10.7 Å². The van der Waals surface area contributed by atoms with Gasteiger partial charge in [0.1, 0.15) is 26.2 Å². The fourth-order valence-corrected chi connectivity index (χ4v) is 11.8. The second kappa shape index (κ2) is 16.6. The molecule has 0 bridgehead atoms. The van der Waals surface area contributed by atoms with E-state index in [1.54, 1.807) is 13.3 Å². The largest absolute Gasteiger partial charge is 0.495 e. The molecule has 0 unspecified atom stereocenters. The van der Waals surface area contributed by atoms with Gasteiger partial charge in [0.15, 0.2) is 5.82 Å². The van der Waals surface area contributed by atoms with E-state index in [4.69, 9.17) is 24.0 Å². The fourth-order valence-electron chi connectivity index (χ4n) is 6.29. The summed E-state index contributed by atoms with van der Waals surface area (Å²) in [7, 11) is 0.196. The van der Waals surface area contributed by atoms with Crippen LogP contribution in [0.25, 0.3) is 11.0 Å². The molecule has 264 valence electrons. The minimum Gasteiger partial charge on any atom is -0.495 e. The molecule has 5 rings (SSSR count). The maximum atomic E-state index is 12.2. The molecular weight excluding hydrogens is 829 g/mol. The summed E-state index contributed by atoms with van der Waals surface area (Å²) < 4.78 is 21.0. The van der Waals surface area contributed by atoms with E-state index < -0.39 is 14.4 Å². The van der Waals surface area contributed by atoms with Crippen molar-refractivity contribution >= 4 is 86.1 Å². The molecule has 14 heteroatoms. The van der Waals surface area contributed by atoms with Crippen molar-refractivity contribution < 1.29 is 18.7 Å². The number of carbonyl (C=O) groups is 1. The highest BCUT2D eigenvalue weighted by Crippen LogP contribution is 2.37. The highest BCUT2D eigenvalue weighted by atomic mass is 127. The van der Waals surface area contributed by atoms with E-state index in [2.05, 4.69) is 147 Å². The number of benzene rings is 2. The van der Waals surface area contributed by atoms with Crippen LogP contribution in [0.1, 0.15) is 52.7 Å². The lowest BCUT2D eigenvalue weighted by molar-refractivity contribution is 0.186. The summed E-state index contributed by atoms with van der Waals surface area (Å²) >= 11 is 5.63. The van der Waals surface area contributed by atoms with Crippen molar-refractivity contribution in [1.82, 2.24) is 24.7 Å². The van der Waals surface area contributed by atoms with Gasteiger partial charge in [-0.1, -0.05) is 94.8 Å². The van der Waals surface area contributed by atoms with Gasteiger partial charge in [-0.3, -0.25) is 15.0 Å². The lowest BCUT2D eigenvalue weighted by Gasteiger charge is -2.43. The number of hydrogen-bond donors (Lipinski definition) is 2. The third-order valence-electron chi connectivity index (χ3n) is 8.54. The van der Waals surface area contributed by atoms with Gasteiger partial charge in [-0.05, 0) is 72.8 Å². The molecule has 0 spiro atoms. The maximum Gasteiger partial charge on any atom is 0.413 e. The summed E-state index contributed by atoms with van der Waals surface area (Å²) in [6.45, 7) is 9.86. The van der Waals surface area contributed by atoms with E-state index in [9.17, 15) is 4.79 Å². The number of carbonyl (C=O) groups excluding carboxylic acids is 1. The van der Waals surface area contributed by atoms with E-state index in [0.29, 0.717) is 45.1 Å². The van der Waals surface area contributed by atoms with Gasteiger partial charge in [-0.2, -0.15) is 10.1 Å². The molecule has 0 radical (unpaired) electrons. The Kier molecular flexibility index (Phi) is 12.5. The van der Waals surface area contributed by atoms with Crippen molar-refractivity contribution in [3.63, 3.8) is 0 Å². The van der Waals surface area contributed by atoms with Gasteiger partial charge in [0, 0.05) is 23.3 Å². The monoisotopic (exact) mass is 871 g/mol. The number of hydrogen-bond acceptors (Lipinski definition) is 9. The number of nitrogens with one attached hydrogen (secondary N) is 2. The van der Waals surface area contributed by atoms with Crippen LogP contribution in [-0.2, 0) is 15.7 Å². The van der Waals surface area contributed by atoms with Gasteiger partial charge in [0.2, 0.25) is 5.95 Å². The quantitative estimate of drug-likeness (QED) is 0.0870. The zero-order chi connectivity index (χ0) is 35.9. The van der Waals surface area contributed by atoms with Gasteiger partial charge >= 0.3 is 6.09 Å². The highest BCUT2D eigenvalue weighted by molar-refractivity contribution is 14.1. The molecule has 0 saturated carbocycles. The maximum absolute atomic E-state index is 12.2. The molecule has 11 nitrogen and oxygen atoms in total. The highest BCUT2D eigenvalue weighted by Gasteiger charge is 2.50. The summed E-state index contributed by atoms with van der Waals surface area (Å²) in [5.74, 6) is 1.28. The molecule has 3 heterocycles. The Morgan fingerprint density at radius 3 is 2.26 bits per heavy atom. The second-order valence-corrected chi connectivity index (χ2v) is 19.1. The molecule has 1 atom stereocenters. The Hall–Kier alpha value is -3.60. The SMILES string of the molecule is CCC[C@@H](CCO[Si](c1ccccc1)(c1ccccc1)C(C)(C)C)Nc1nc(NC(=O)OC)nc2c(I)nn(Cc3ncc(Br)cc3OC)c12. The Balaban J connectivity index is 1.51. The van der Waals surface area contributed by atoms with E-state index in [1.165, 1.54) is 17.5 Å². The summed E-state index contributed by atoms with van der Waals surface area (Å²) in [5, 5.41) is 13.5. The smallest absolute Gasteiger partial charge is 0.413 e. The van der Waals surface area contributed by atoms with Crippen LogP contribution in [0.4, 0.5) is 16.6 Å². The number of ether oxygens (including phenoxy) is 2. The Morgan fingerprint density at radius 2 is 1.68 bits per heavy atom. The number of aromatic nitrogens is 5. The second-order valence-electron chi connectivity index (χ2n) is 12.9. The van der Waals surface area contributed by atoms with E-state index in [-0.39, 0.29) is 17.0 Å². The van der Waals surface area contributed by atoms with Crippen LogP contribution in [0.2, 0.25) is 5.04 Å². The van der Waals surface area contributed by atoms with Gasteiger partial charge in [0.25, 0.3) is 8.32 Å². The lowest BCUT2D eigenvalue weighted by atomic mass is 10.1. The lowest BCUT2D eigenvalue weighted by Crippen LogP contribution is -2.66. The molecule has 1 amide bonds. The molecule has 5 aromatic rings. The fraction of sp³-hybridized carbons (Fsp3) is 0.361. The molecule has 2 N–H and O–H groups in total. The van der Waals surface area contributed by atoms with Crippen LogP contribution in [0.5, 0.6) is 5.75 Å². The third kappa shape index (κ3) is 8.30. The summed E-state index contributed by atoms with van der Waals surface area (Å²) in [6, 6.07) is 23.2. The van der Waals surface area contributed by atoms with Crippen molar-refractivity contribution in [2.75, 3.05) is 31.5 Å². The van der Waals surface area contributed by atoms with Crippen molar-refractivity contribution in [1.29, 1.82) is 0 Å². The standard InChI is InChI=1S/C36H43BrIN7O4Si/c1-7-14-25(19-20-49-50(36(2,3)4,26-15-10-8-11-16-26)27-17-12-9-13-18-27)40-33-31-30(41-34(42-33)43-35(46)48-6)32(38)44-45(31)23-28-29(47-5)21-24(37)22-39-28/h8-13,15-18,21-22,25H,7,14,19-20,23H2,1-6H3,(H2,40,41,42,43,46)/t25-/m0/s1. The number of pyridine rings is 1. The van der Waals surface area contributed by atoms with Crippen LogP contribution >= 0.6 is 38.5 Å². The van der Waals surface area contributed by atoms with E-state index >= 15 is 0 Å². The summed E-state index contributed by atoms with van der Waals surface area (Å²) in [4.78, 5) is 26.3. The predicted molar refractivity (Wildman–Crippen MR) is 212 cm³/mol. The number of anilines is 2. The first-order valence-corrected chi connectivity index (χ1v) is 20.3. The molecule has 0 fully saturated rings. The van der Waals surface area contributed by atoms with Crippen molar-refractivity contribution in [2.45, 2.75) is 64.6 Å². The average Bonchev–Trinajstić information content (AvgIpc) is 3.42. The molecule has 0 aliphatic rings. The first kappa shape index (κ1) is 37.6. The number of amides is 1. The van der Waals surface area contributed by atoms with Gasteiger partial charge in [-0.15, -0.1) is 0 Å². The van der Waals surface area contributed by atoms with Crippen LogP contribution < -0.4 is 25.7 Å². The molecule has 50 heavy (non-hydrogen) atoms. The first-order valence-electron chi connectivity index (χ1n) is 16.5. The van der Waals surface area contributed by atoms with Crippen LogP contribution in [0.3, 0.4) is 0 Å². The topological polar surface area (TPSA) is 125 Å². The zero-order valence-electron chi connectivity index (χ0n) is 29.2. The summed E-state index contributed by atoms with van der Waals surface area (Å²) in [6.07, 6.45) is 3.59. The van der Waals surface area contributed by atoms with Crippen molar-refractivity contribution in [3.05, 3.63) is 86.8 Å². The molecule has 0 aliphatic heterocycles. The van der Waals surface area contributed by atoms with E-state index in [0.717, 1.165) is 23.7 Å². The molecule has 0 saturated heterocycles. The van der Waals surface area contributed by atoms with Crippen molar-refractivity contribution in [3.8, 4) is 5.75 Å². The number of fused-ring (bicyclic) bond motifs is 1. The normalized spacial score (nSPS) is 12.5. The predicted octanol–water partition coefficient (Wildman–Crippen LogP) is 7.37. The molecule has 0 aliphatic carbocycles. The molecule has 2 aromatic carbocycles. The zero-order valence-corrected chi connectivity index (χ0v) is 33.9. The van der Waals surface area contributed by atoms with Crippen LogP contribution in [0, 0.1) is 3.70 Å². The minimum atomic E-state index is -2.72. The van der Waals surface area contributed by atoms with Crippen LogP contribution in [-0.4, -0.2) is 66.0 Å². The Bertz CT molecular complexity index is 1870. The Morgan fingerprint density at radius 1 is 1.02 bits per heavy atom. The van der Waals surface area contributed by atoms with Gasteiger partial charge in [-0.25, -0.2) is 9.78 Å². The number of rotatable bonds is 14. The minimum absolute atomic E-state index is 0.0105.